The summed E-state index contributed by atoms with van der Waals surface area (Å²) in [7, 11) is -3.99. The summed E-state index contributed by atoms with van der Waals surface area (Å²) in [5.41, 5.74) is 1.48. The molecule has 1 aliphatic rings. The molecule has 1 fully saturated rings. The molecule has 0 bridgehead atoms. The van der Waals surface area contributed by atoms with Crippen LogP contribution in [0, 0.1) is 5.82 Å². The lowest BCUT2D eigenvalue weighted by atomic mass is 10.1. The van der Waals surface area contributed by atoms with Gasteiger partial charge in [-0.05, 0) is 48.5 Å². The molecular formula is C22H23Cl2FN4O2S. The minimum Gasteiger partial charge on any atom is -0.301 e. The van der Waals surface area contributed by atoms with E-state index in [4.69, 9.17) is 23.2 Å². The van der Waals surface area contributed by atoms with Crippen molar-refractivity contribution in [3.63, 3.8) is 0 Å². The Balaban J connectivity index is 1.63. The standard InChI is InChI=1S/C22H23Cl2FN4O2S/c1-2-28-7-9-29(10-8-28)14-15-11-18-19(23)12-20(24)22(21(18)26-13-15)27-32(30,31)17-5-3-16(25)4-6-17/h3-6,11-13,27H,2,7-10,14H2,1H3. The predicted octanol–water partition coefficient (Wildman–Crippen LogP) is 4.62. The number of nitrogens with zero attached hydrogens (tertiary/aromatic N) is 3. The quantitative estimate of drug-likeness (QED) is 0.539. The molecule has 0 radical (unpaired) electrons. The lowest BCUT2D eigenvalue weighted by Crippen LogP contribution is -2.45. The Morgan fingerprint density at radius 1 is 1.03 bits per heavy atom. The van der Waals surface area contributed by atoms with Crippen LogP contribution in [-0.2, 0) is 16.6 Å². The van der Waals surface area contributed by atoms with Crippen molar-refractivity contribution < 1.29 is 12.8 Å². The van der Waals surface area contributed by atoms with Gasteiger partial charge in [-0.15, -0.1) is 0 Å². The Bertz CT molecular complexity index is 1230. The maximum absolute atomic E-state index is 13.2. The van der Waals surface area contributed by atoms with E-state index in [1.54, 1.807) is 6.20 Å². The molecule has 10 heteroatoms. The number of hydrogen-bond acceptors (Lipinski definition) is 5. The monoisotopic (exact) mass is 496 g/mol. The zero-order chi connectivity index (χ0) is 22.9. The van der Waals surface area contributed by atoms with Gasteiger partial charge in [0, 0.05) is 44.3 Å². The second kappa shape index (κ2) is 9.49. The van der Waals surface area contributed by atoms with Crippen molar-refractivity contribution in [1.82, 2.24) is 14.8 Å². The highest BCUT2D eigenvalue weighted by Gasteiger charge is 2.21. The number of anilines is 1. The fraction of sp³-hybridized carbons (Fsp3) is 0.318. The first-order chi connectivity index (χ1) is 15.3. The van der Waals surface area contributed by atoms with E-state index in [-0.39, 0.29) is 15.6 Å². The van der Waals surface area contributed by atoms with Crippen molar-refractivity contribution in [3.8, 4) is 0 Å². The third kappa shape index (κ3) is 5.00. The van der Waals surface area contributed by atoms with Crippen molar-refractivity contribution >= 4 is 49.8 Å². The van der Waals surface area contributed by atoms with E-state index in [2.05, 4.69) is 26.4 Å². The highest BCUT2D eigenvalue weighted by Crippen LogP contribution is 2.37. The number of likely N-dealkylation sites (N-methyl/N-ethyl adjacent to an activating group) is 1. The Kier molecular flexibility index (Phi) is 6.88. The highest BCUT2D eigenvalue weighted by molar-refractivity contribution is 7.92. The topological polar surface area (TPSA) is 65.5 Å². The number of nitrogens with one attached hydrogen (secondary N) is 1. The summed E-state index contributed by atoms with van der Waals surface area (Å²) in [6, 6.07) is 7.96. The normalized spacial score (nSPS) is 15.9. The summed E-state index contributed by atoms with van der Waals surface area (Å²) >= 11 is 12.8. The number of pyridine rings is 1. The number of benzene rings is 2. The summed E-state index contributed by atoms with van der Waals surface area (Å²) in [5, 5.41) is 1.13. The second-order valence-electron chi connectivity index (χ2n) is 7.72. The number of halogens is 3. The lowest BCUT2D eigenvalue weighted by molar-refractivity contribution is 0.132. The lowest BCUT2D eigenvalue weighted by Gasteiger charge is -2.34. The molecule has 170 valence electrons. The van der Waals surface area contributed by atoms with Crippen LogP contribution in [0.2, 0.25) is 10.0 Å². The Labute approximate surface area is 197 Å². The van der Waals surface area contributed by atoms with Crippen LogP contribution in [0.5, 0.6) is 0 Å². The largest absolute Gasteiger partial charge is 0.301 e. The average Bonchev–Trinajstić information content (AvgIpc) is 2.77. The van der Waals surface area contributed by atoms with Gasteiger partial charge in [0.15, 0.2) is 0 Å². The van der Waals surface area contributed by atoms with Gasteiger partial charge in [-0.2, -0.15) is 0 Å². The third-order valence-corrected chi connectivity index (χ3v) is 7.59. The predicted molar refractivity (Wildman–Crippen MR) is 126 cm³/mol. The zero-order valence-electron chi connectivity index (χ0n) is 17.5. The van der Waals surface area contributed by atoms with Crippen molar-refractivity contribution in [2.45, 2.75) is 18.4 Å². The van der Waals surface area contributed by atoms with Gasteiger partial charge in [0.25, 0.3) is 10.0 Å². The number of aromatic nitrogens is 1. The van der Waals surface area contributed by atoms with E-state index >= 15 is 0 Å². The van der Waals surface area contributed by atoms with Crippen molar-refractivity contribution in [3.05, 3.63) is 64.0 Å². The minimum absolute atomic E-state index is 0.0825. The van der Waals surface area contributed by atoms with Gasteiger partial charge >= 0.3 is 0 Å². The molecule has 0 unspecified atom stereocenters. The van der Waals surface area contributed by atoms with Crippen LogP contribution < -0.4 is 4.72 Å². The van der Waals surface area contributed by atoms with E-state index in [9.17, 15) is 12.8 Å². The summed E-state index contributed by atoms with van der Waals surface area (Å²) < 4.78 is 41.3. The van der Waals surface area contributed by atoms with E-state index < -0.39 is 15.8 Å². The fourth-order valence-corrected chi connectivity index (χ4v) is 5.47. The van der Waals surface area contributed by atoms with Crippen LogP contribution in [-0.4, -0.2) is 55.9 Å². The molecule has 0 atom stereocenters. The number of sulfonamides is 1. The molecule has 6 nitrogen and oxygen atoms in total. The molecule has 1 N–H and O–H groups in total. The summed E-state index contributed by atoms with van der Waals surface area (Å²) in [5.74, 6) is -0.524. The van der Waals surface area contributed by atoms with Gasteiger partial charge in [-0.25, -0.2) is 12.8 Å². The number of hydrogen-bond donors (Lipinski definition) is 1. The number of rotatable bonds is 6. The molecule has 0 amide bonds. The van der Waals surface area contributed by atoms with Crippen molar-refractivity contribution in [2.24, 2.45) is 0 Å². The van der Waals surface area contributed by atoms with Crippen LogP contribution in [0.15, 0.2) is 47.5 Å². The molecular weight excluding hydrogens is 474 g/mol. The number of piperazine rings is 1. The average molecular weight is 497 g/mol. The van der Waals surface area contributed by atoms with Crippen molar-refractivity contribution in [2.75, 3.05) is 37.4 Å². The van der Waals surface area contributed by atoms with Gasteiger partial charge in [0.2, 0.25) is 0 Å². The Morgan fingerprint density at radius 2 is 1.69 bits per heavy atom. The smallest absolute Gasteiger partial charge is 0.262 e. The SMILES string of the molecule is CCN1CCN(Cc2cnc3c(NS(=O)(=O)c4ccc(F)cc4)c(Cl)cc(Cl)c3c2)CC1. The molecule has 1 aromatic heterocycles. The van der Waals surface area contributed by atoms with Crippen LogP contribution in [0.25, 0.3) is 10.9 Å². The van der Waals surface area contributed by atoms with E-state index in [1.807, 2.05) is 6.07 Å². The second-order valence-corrected chi connectivity index (χ2v) is 10.2. The molecule has 3 aromatic rings. The molecule has 2 aromatic carbocycles. The van der Waals surface area contributed by atoms with Crippen LogP contribution >= 0.6 is 23.2 Å². The van der Waals surface area contributed by atoms with E-state index in [1.165, 1.54) is 18.2 Å². The molecule has 1 saturated heterocycles. The first-order valence-electron chi connectivity index (χ1n) is 10.3. The molecule has 2 heterocycles. The van der Waals surface area contributed by atoms with Gasteiger partial charge in [0.1, 0.15) is 5.82 Å². The molecule has 0 saturated carbocycles. The maximum Gasteiger partial charge on any atom is 0.262 e. The number of fused-ring (bicyclic) bond motifs is 1. The zero-order valence-corrected chi connectivity index (χ0v) is 19.8. The van der Waals surface area contributed by atoms with Gasteiger partial charge in [-0.3, -0.25) is 14.6 Å². The van der Waals surface area contributed by atoms with Gasteiger partial charge < -0.3 is 4.90 Å². The molecule has 4 rings (SSSR count). The Hall–Kier alpha value is -1.97. The summed E-state index contributed by atoms with van der Waals surface area (Å²) in [6.07, 6.45) is 1.72. The van der Waals surface area contributed by atoms with E-state index in [0.29, 0.717) is 15.9 Å². The molecule has 0 spiro atoms. The van der Waals surface area contributed by atoms with E-state index in [0.717, 1.165) is 57.0 Å². The van der Waals surface area contributed by atoms with Gasteiger partial charge in [-0.1, -0.05) is 30.1 Å². The third-order valence-electron chi connectivity index (χ3n) is 5.61. The molecule has 1 aliphatic heterocycles. The van der Waals surface area contributed by atoms with Crippen LogP contribution in [0.1, 0.15) is 12.5 Å². The minimum atomic E-state index is -3.99. The maximum atomic E-state index is 13.2. The van der Waals surface area contributed by atoms with Crippen LogP contribution in [0.3, 0.4) is 0 Å². The Morgan fingerprint density at radius 3 is 2.34 bits per heavy atom. The molecule has 32 heavy (non-hydrogen) atoms. The summed E-state index contributed by atoms with van der Waals surface area (Å²) in [6.45, 7) is 7.96. The highest BCUT2D eigenvalue weighted by atomic mass is 35.5. The first-order valence-corrected chi connectivity index (χ1v) is 12.5. The molecule has 0 aliphatic carbocycles. The van der Waals surface area contributed by atoms with Gasteiger partial charge in [0.05, 0.1) is 26.1 Å². The summed E-state index contributed by atoms with van der Waals surface area (Å²) in [4.78, 5) is 9.18. The first kappa shape index (κ1) is 23.2. The fourth-order valence-electron chi connectivity index (χ4n) is 3.78. The van der Waals surface area contributed by atoms with Crippen LogP contribution in [0.4, 0.5) is 10.1 Å². The van der Waals surface area contributed by atoms with Crippen molar-refractivity contribution in [1.29, 1.82) is 0 Å².